The van der Waals surface area contributed by atoms with Crippen LogP contribution in [0.4, 0.5) is 0 Å². The Labute approximate surface area is 139 Å². The predicted octanol–water partition coefficient (Wildman–Crippen LogP) is 0.462. The normalized spacial score (nSPS) is 15.5. The molecule has 1 aliphatic rings. The number of fused-ring (bicyclic) bond motifs is 1. The number of nitrogens with zero attached hydrogens (tertiary/aromatic N) is 1. The lowest BCUT2D eigenvalue weighted by Gasteiger charge is -2.17. The molecule has 0 atom stereocenters. The number of benzene rings is 1. The third-order valence-electron chi connectivity index (χ3n) is 3.93. The maximum atomic E-state index is 12.0. The smallest absolute Gasteiger partial charge is 0.271 e. The van der Waals surface area contributed by atoms with E-state index in [2.05, 4.69) is 15.5 Å². The number of carbonyl (C=O) groups excluding carboxylic acids is 1. The first-order valence-electron chi connectivity index (χ1n) is 7.64. The average Bonchev–Trinajstić information content (AvgIpc) is 2.55. The van der Waals surface area contributed by atoms with Crippen LogP contribution in [0.1, 0.15) is 28.0 Å². The molecule has 1 amide bonds. The largest absolute Gasteiger partial charge is 0.350 e. The van der Waals surface area contributed by atoms with Crippen molar-refractivity contribution in [2.24, 2.45) is 0 Å². The molecule has 126 valence electrons. The Balaban J connectivity index is 1.62. The van der Waals surface area contributed by atoms with Gasteiger partial charge in [-0.15, -0.1) is 0 Å². The van der Waals surface area contributed by atoms with Gasteiger partial charge in [0.2, 0.25) is 0 Å². The van der Waals surface area contributed by atoms with Gasteiger partial charge in [0.25, 0.3) is 11.5 Å². The van der Waals surface area contributed by atoms with E-state index in [-0.39, 0.29) is 22.9 Å². The average molecular weight is 347 g/mol. The van der Waals surface area contributed by atoms with Crippen molar-refractivity contribution in [3.05, 3.63) is 57.5 Å². The van der Waals surface area contributed by atoms with Gasteiger partial charge < -0.3 is 5.32 Å². The highest BCUT2D eigenvalue weighted by Crippen LogP contribution is 2.25. The van der Waals surface area contributed by atoms with Gasteiger partial charge in [0.05, 0.1) is 10.6 Å². The molecule has 1 aromatic carbocycles. The van der Waals surface area contributed by atoms with Crippen molar-refractivity contribution in [2.45, 2.75) is 24.2 Å². The van der Waals surface area contributed by atoms with Gasteiger partial charge in [0, 0.05) is 12.6 Å². The lowest BCUT2D eigenvalue weighted by atomic mass is 10.0. The number of nitrogens with one attached hydrogen (secondary N) is 2. The fourth-order valence-electron chi connectivity index (χ4n) is 2.73. The number of carbonyl (C=O) groups is 1. The zero-order valence-electron chi connectivity index (χ0n) is 12.9. The highest BCUT2D eigenvalue weighted by Gasteiger charge is 2.23. The lowest BCUT2D eigenvalue weighted by Crippen LogP contribution is -2.27. The minimum absolute atomic E-state index is 0.145. The van der Waals surface area contributed by atoms with Crippen molar-refractivity contribution < 1.29 is 13.2 Å². The standard InChI is InChI=1S/C16H17N3O4S/c20-15-6-4-13(18-19-15)16(21)17-8-7-11-3-5-14-12(10-11)2-1-9-24(14,22)23/h3-6,10H,1-2,7-9H2,(H,17,21)(H,19,20). The van der Waals surface area contributed by atoms with Crippen LogP contribution in [-0.2, 0) is 22.7 Å². The summed E-state index contributed by atoms with van der Waals surface area (Å²) in [5, 5.41) is 8.59. The van der Waals surface area contributed by atoms with Gasteiger partial charge in [-0.1, -0.05) is 12.1 Å². The molecular weight excluding hydrogens is 330 g/mol. The molecular formula is C16H17N3O4S. The van der Waals surface area contributed by atoms with Gasteiger partial charge in [0.15, 0.2) is 9.84 Å². The molecule has 0 saturated carbocycles. The Kier molecular flexibility index (Phi) is 4.48. The summed E-state index contributed by atoms with van der Waals surface area (Å²) in [4.78, 5) is 23.2. The molecule has 0 radical (unpaired) electrons. The summed E-state index contributed by atoms with van der Waals surface area (Å²) in [6.07, 6.45) is 1.99. The molecule has 2 N–H and O–H groups in total. The first-order chi connectivity index (χ1) is 11.5. The lowest BCUT2D eigenvalue weighted by molar-refractivity contribution is 0.0948. The van der Waals surface area contributed by atoms with E-state index in [4.69, 9.17) is 0 Å². The van der Waals surface area contributed by atoms with Crippen LogP contribution in [0.25, 0.3) is 0 Å². The molecule has 3 rings (SSSR count). The van der Waals surface area contributed by atoms with Crippen LogP contribution in [0.3, 0.4) is 0 Å². The number of amides is 1. The van der Waals surface area contributed by atoms with E-state index in [0.717, 1.165) is 17.5 Å². The van der Waals surface area contributed by atoms with Crippen LogP contribution < -0.4 is 10.9 Å². The Morgan fingerprint density at radius 2 is 2.08 bits per heavy atom. The number of sulfone groups is 1. The summed E-state index contributed by atoms with van der Waals surface area (Å²) < 4.78 is 24.0. The van der Waals surface area contributed by atoms with Gasteiger partial charge in [-0.2, -0.15) is 5.10 Å². The fraction of sp³-hybridized carbons (Fsp3) is 0.312. The summed E-state index contributed by atoms with van der Waals surface area (Å²) in [6.45, 7) is 0.394. The quantitative estimate of drug-likeness (QED) is 0.835. The van der Waals surface area contributed by atoms with Crippen molar-refractivity contribution in [3.63, 3.8) is 0 Å². The summed E-state index contributed by atoms with van der Waals surface area (Å²) in [5.74, 6) is -0.159. The van der Waals surface area contributed by atoms with Crippen molar-refractivity contribution in [1.29, 1.82) is 0 Å². The van der Waals surface area contributed by atoms with E-state index in [1.807, 2.05) is 6.07 Å². The molecule has 1 aliphatic heterocycles. The molecule has 1 aromatic heterocycles. The number of aromatic nitrogens is 2. The van der Waals surface area contributed by atoms with E-state index >= 15 is 0 Å². The molecule has 2 aromatic rings. The van der Waals surface area contributed by atoms with E-state index in [9.17, 15) is 18.0 Å². The fourth-order valence-corrected chi connectivity index (χ4v) is 4.31. The van der Waals surface area contributed by atoms with Crippen molar-refractivity contribution in [2.75, 3.05) is 12.3 Å². The van der Waals surface area contributed by atoms with Gasteiger partial charge in [0.1, 0.15) is 5.69 Å². The predicted molar refractivity (Wildman–Crippen MR) is 87.7 cm³/mol. The molecule has 0 spiro atoms. The van der Waals surface area contributed by atoms with E-state index in [1.54, 1.807) is 12.1 Å². The molecule has 24 heavy (non-hydrogen) atoms. The summed E-state index contributed by atoms with van der Waals surface area (Å²) in [5.41, 5.74) is 1.61. The molecule has 0 bridgehead atoms. The zero-order chi connectivity index (χ0) is 17.2. The van der Waals surface area contributed by atoms with Crippen LogP contribution in [-0.4, -0.2) is 36.8 Å². The van der Waals surface area contributed by atoms with Crippen LogP contribution >= 0.6 is 0 Å². The number of aromatic amines is 1. The molecule has 0 unspecified atom stereocenters. The van der Waals surface area contributed by atoms with Crippen LogP contribution in [0.5, 0.6) is 0 Å². The number of H-pyrrole nitrogens is 1. The number of hydrogen-bond donors (Lipinski definition) is 2. The maximum absolute atomic E-state index is 12.0. The van der Waals surface area contributed by atoms with E-state index in [1.165, 1.54) is 12.1 Å². The van der Waals surface area contributed by atoms with Crippen molar-refractivity contribution in [1.82, 2.24) is 15.5 Å². The van der Waals surface area contributed by atoms with E-state index in [0.29, 0.717) is 24.3 Å². The molecule has 7 nitrogen and oxygen atoms in total. The molecule has 0 fully saturated rings. The van der Waals surface area contributed by atoms with E-state index < -0.39 is 9.84 Å². The Morgan fingerprint density at radius 1 is 1.25 bits per heavy atom. The Morgan fingerprint density at radius 3 is 2.83 bits per heavy atom. The topological polar surface area (TPSA) is 109 Å². The minimum Gasteiger partial charge on any atom is -0.350 e. The highest BCUT2D eigenvalue weighted by atomic mass is 32.2. The second-order valence-corrected chi connectivity index (χ2v) is 7.75. The molecule has 0 aliphatic carbocycles. The first kappa shape index (κ1) is 16.4. The van der Waals surface area contributed by atoms with Crippen molar-refractivity contribution >= 4 is 15.7 Å². The SMILES string of the molecule is O=C(NCCc1ccc2c(c1)CCCS2(=O)=O)c1ccc(=O)[nH]n1. The summed E-state index contributed by atoms with van der Waals surface area (Å²) >= 11 is 0. The highest BCUT2D eigenvalue weighted by molar-refractivity contribution is 7.91. The third-order valence-corrected chi connectivity index (χ3v) is 5.82. The molecule has 8 heteroatoms. The Bertz CT molecular complexity index is 914. The number of aryl methyl sites for hydroxylation is 1. The van der Waals surface area contributed by atoms with Gasteiger partial charge in [-0.25, -0.2) is 13.5 Å². The first-order valence-corrected chi connectivity index (χ1v) is 9.29. The second kappa shape index (κ2) is 6.56. The number of hydrogen-bond acceptors (Lipinski definition) is 5. The summed E-state index contributed by atoms with van der Waals surface area (Å²) in [7, 11) is -3.14. The zero-order valence-corrected chi connectivity index (χ0v) is 13.7. The molecule has 2 heterocycles. The van der Waals surface area contributed by atoms with Crippen LogP contribution in [0, 0.1) is 0 Å². The summed E-state index contributed by atoms with van der Waals surface area (Å²) in [6, 6.07) is 7.94. The second-order valence-electron chi connectivity index (χ2n) is 5.68. The van der Waals surface area contributed by atoms with Crippen molar-refractivity contribution in [3.8, 4) is 0 Å². The monoisotopic (exact) mass is 347 g/mol. The van der Waals surface area contributed by atoms with Gasteiger partial charge >= 0.3 is 0 Å². The molecule has 0 saturated heterocycles. The van der Waals surface area contributed by atoms with Crippen LogP contribution in [0.2, 0.25) is 0 Å². The maximum Gasteiger partial charge on any atom is 0.271 e. The van der Waals surface area contributed by atoms with Gasteiger partial charge in [-0.3, -0.25) is 9.59 Å². The number of rotatable bonds is 4. The van der Waals surface area contributed by atoms with Crippen LogP contribution in [0.15, 0.2) is 40.0 Å². The third kappa shape index (κ3) is 3.53. The minimum atomic E-state index is -3.14. The van der Waals surface area contributed by atoms with Gasteiger partial charge in [-0.05, 0) is 42.5 Å². The Hall–Kier alpha value is -2.48.